The number of allylic oxidation sites excluding steroid dienone is 2. The zero-order valence-corrected chi connectivity index (χ0v) is 11.4. The molecule has 0 rings (SSSR count). The molecule has 0 saturated heterocycles. The maximum absolute atomic E-state index is 11.4. The summed E-state index contributed by atoms with van der Waals surface area (Å²) in [6, 6.07) is 0. The Morgan fingerprint density at radius 2 is 1.94 bits per heavy atom. The molecule has 0 radical (unpaired) electrons. The van der Waals surface area contributed by atoms with Crippen molar-refractivity contribution in [1.82, 2.24) is 5.32 Å². The molecule has 0 bridgehead atoms. The van der Waals surface area contributed by atoms with Crippen LogP contribution in [0.1, 0.15) is 41.0 Å². The summed E-state index contributed by atoms with van der Waals surface area (Å²) in [5, 5.41) is 2.55. The van der Waals surface area contributed by atoms with Crippen molar-refractivity contribution in [3.8, 4) is 0 Å². The molecular formula is C13H23NO3. The van der Waals surface area contributed by atoms with Crippen molar-refractivity contribution in [2.45, 2.75) is 46.6 Å². The fraction of sp³-hybridized carbons (Fsp3) is 0.692. The molecule has 98 valence electrons. The molecule has 4 nitrogen and oxygen atoms in total. The lowest BCUT2D eigenvalue weighted by Crippen LogP contribution is -2.35. The number of amides is 1. The van der Waals surface area contributed by atoms with Gasteiger partial charge in [-0.1, -0.05) is 19.1 Å². The molecule has 0 fully saturated rings. The number of rotatable bonds is 5. The highest BCUT2D eigenvalue weighted by molar-refractivity contribution is 5.82. The topological polar surface area (TPSA) is 55.4 Å². The summed E-state index contributed by atoms with van der Waals surface area (Å²) in [4.78, 5) is 22.8. The van der Waals surface area contributed by atoms with E-state index in [9.17, 15) is 9.59 Å². The Morgan fingerprint density at radius 3 is 2.41 bits per heavy atom. The second-order valence-corrected chi connectivity index (χ2v) is 5.07. The van der Waals surface area contributed by atoms with Gasteiger partial charge in [0.25, 0.3) is 0 Å². The fourth-order valence-electron chi connectivity index (χ4n) is 1.31. The number of carbonyl (C=O) groups is 2. The van der Waals surface area contributed by atoms with Crippen LogP contribution in [0.3, 0.4) is 0 Å². The van der Waals surface area contributed by atoms with E-state index in [1.807, 2.05) is 26.0 Å². The Balaban J connectivity index is 3.89. The molecule has 0 aromatic heterocycles. The van der Waals surface area contributed by atoms with Gasteiger partial charge < -0.3 is 10.1 Å². The Kier molecular flexibility index (Phi) is 6.54. The number of ether oxygens (including phenoxy) is 1. The van der Waals surface area contributed by atoms with Crippen molar-refractivity contribution in [3.63, 3.8) is 0 Å². The maximum atomic E-state index is 11.4. The third-order valence-corrected chi connectivity index (χ3v) is 1.88. The summed E-state index contributed by atoms with van der Waals surface area (Å²) in [7, 11) is 0. The van der Waals surface area contributed by atoms with Crippen LogP contribution in [0, 0.1) is 5.92 Å². The summed E-state index contributed by atoms with van der Waals surface area (Å²) in [5.41, 5.74) is -0.514. The van der Waals surface area contributed by atoms with Gasteiger partial charge in [-0.05, 0) is 33.6 Å². The van der Waals surface area contributed by atoms with Crippen LogP contribution in [-0.2, 0) is 14.3 Å². The molecule has 1 N–H and O–H groups in total. The summed E-state index contributed by atoms with van der Waals surface area (Å²) in [5.74, 6) is -0.371. The van der Waals surface area contributed by atoms with Crippen LogP contribution in [-0.4, -0.2) is 24.0 Å². The molecule has 0 aliphatic rings. The van der Waals surface area contributed by atoms with E-state index in [4.69, 9.17) is 4.74 Å². The quantitative estimate of drug-likeness (QED) is 0.592. The predicted molar refractivity (Wildman–Crippen MR) is 67.4 cm³/mol. The highest BCUT2D eigenvalue weighted by Gasteiger charge is 2.16. The molecule has 1 unspecified atom stereocenters. The molecular weight excluding hydrogens is 218 g/mol. The van der Waals surface area contributed by atoms with Gasteiger partial charge in [-0.2, -0.15) is 0 Å². The van der Waals surface area contributed by atoms with Crippen LogP contribution in [0.5, 0.6) is 0 Å². The molecule has 0 heterocycles. The highest BCUT2D eigenvalue weighted by atomic mass is 16.6. The lowest BCUT2D eigenvalue weighted by atomic mass is 10.1. The predicted octanol–water partition coefficient (Wildman–Crippen LogP) is 2.05. The van der Waals surface area contributed by atoms with Crippen LogP contribution >= 0.6 is 0 Å². The molecule has 0 aliphatic carbocycles. The van der Waals surface area contributed by atoms with Gasteiger partial charge in [0.2, 0.25) is 5.91 Å². The van der Waals surface area contributed by atoms with Crippen LogP contribution in [0.2, 0.25) is 0 Å². The first kappa shape index (κ1) is 15.7. The zero-order valence-electron chi connectivity index (χ0n) is 11.4. The Bertz CT molecular complexity index is 290. The minimum atomic E-state index is -0.514. The summed E-state index contributed by atoms with van der Waals surface area (Å²) < 4.78 is 5.07. The van der Waals surface area contributed by atoms with Gasteiger partial charge in [0.05, 0.1) is 0 Å². The number of carbonyl (C=O) groups excluding carboxylic acids is 2. The van der Waals surface area contributed by atoms with E-state index in [0.717, 1.165) is 0 Å². The molecule has 0 aliphatic heterocycles. The molecule has 0 spiro atoms. The van der Waals surface area contributed by atoms with Crippen LogP contribution in [0.4, 0.5) is 0 Å². The van der Waals surface area contributed by atoms with Crippen molar-refractivity contribution in [2.75, 3.05) is 6.54 Å². The van der Waals surface area contributed by atoms with Crippen LogP contribution in [0.15, 0.2) is 12.2 Å². The maximum Gasteiger partial charge on any atom is 0.325 e. The third kappa shape index (κ3) is 9.60. The van der Waals surface area contributed by atoms with E-state index >= 15 is 0 Å². The highest BCUT2D eigenvalue weighted by Crippen LogP contribution is 2.06. The molecule has 1 atom stereocenters. The van der Waals surface area contributed by atoms with E-state index in [-0.39, 0.29) is 18.4 Å². The second kappa shape index (κ2) is 7.09. The Hall–Kier alpha value is -1.32. The van der Waals surface area contributed by atoms with E-state index in [0.29, 0.717) is 6.42 Å². The summed E-state index contributed by atoms with van der Waals surface area (Å²) in [6.07, 6.45) is 4.24. The monoisotopic (exact) mass is 241 g/mol. The SMILES string of the molecule is C/C=C/C(C)CC(=O)NCC(=O)OC(C)(C)C. The minimum absolute atomic E-state index is 0.0708. The molecule has 4 heteroatoms. The Labute approximate surface area is 103 Å². The van der Waals surface area contributed by atoms with E-state index in [1.165, 1.54) is 0 Å². The van der Waals surface area contributed by atoms with Crippen LogP contribution < -0.4 is 5.32 Å². The van der Waals surface area contributed by atoms with Gasteiger partial charge in [0.15, 0.2) is 0 Å². The summed E-state index contributed by atoms with van der Waals surface area (Å²) in [6.45, 7) is 9.17. The second-order valence-electron chi connectivity index (χ2n) is 5.07. The fourth-order valence-corrected chi connectivity index (χ4v) is 1.31. The van der Waals surface area contributed by atoms with Gasteiger partial charge in [0.1, 0.15) is 12.1 Å². The van der Waals surface area contributed by atoms with Crippen molar-refractivity contribution < 1.29 is 14.3 Å². The first-order chi connectivity index (χ1) is 7.74. The zero-order chi connectivity index (χ0) is 13.5. The largest absolute Gasteiger partial charge is 0.459 e. The normalized spacial score (nSPS) is 13.5. The van der Waals surface area contributed by atoms with Gasteiger partial charge >= 0.3 is 5.97 Å². The van der Waals surface area contributed by atoms with Gasteiger partial charge in [-0.25, -0.2) is 0 Å². The summed E-state index contributed by atoms with van der Waals surface area (Å²) >= 11 is 0. The molecule has 0 aromatic carbocycles. The van der Waals surface area contributed by atoms with E-state index in [1.54, 1.807) is 20.8 Å². The lowest BCUT2D eigenvalue weighted by Gasteiger charge is -2.19. The molecule has 0 aromatic rings. The molecule has 17 heavy (non-hydrogen) atoms. The molecule has 1 amide bonds. The van der Waals surface area contributed by atoms with Gasteiger partial charge in [0, 0.05) is 6.42 Å². The number of hydrogen-bond donors (Lipinski definition) is 1. The van der Waals surface area contributed by atoms with Gasteiger partial charge in [-0.3, -0.25) is 9.59 Å². The Morgan fingerprint density at radius 1 is 1.35 bits per heavy atom. The van der Waals surface area contributed by atoms with E-state index < -0.39 is 11.6 Å². The van der Waals surface area contributed by atoms with Crippen molar-refractivity contribution in [2.24, 2.45) is 5.92 Å². The lowest BCUT2D eigenvalue weighted by molar-refractivity contribution is -0.154. The first-order valence-corrected chi connectivity index (χ1v) is 5.86. The molecule has 0 saturated carbocycles. The number of esters is 1. The standard InChI is InChI=1S/C13H23NO3/c1-6-7-10(2)8-11(15)14-9-12(16)17-13(3,4)5/h6-7,10H,8-9H2,1-5H3,(H,14,15)/b7-6+. The number of nitrogens with one attached hydrogen (secondary N) is 1. The number of hydrogen-bond acceptors (Lipinski definition) is 3. The van der Waals surface area contributed by atoms with Crippen molar-refractivity contribution in [3.05, 3.63) is 12.2 Å². The minimum Gasteiger partial charge on any atom is -0.459 e. The average Bonchev–Trinajstić information content (AvgIpc) is 2.12. The first-order valence-electron chi connectivity index (χ1n) is 5.86. The smallest absolute Gasteiger partial charge is 0.325 e. The van der Waals surface area contributed by atoms with Crippen molar-refractivity contribution >= 4 is 11.9 Å². The van der Waals surface area contributed by atoms with Crippen molar-refractivity contribution in [1.29, 1.82) is 0 Å². The van der Waals surface area contributed by atoms with Gasteiger partial charge in [-0.15, -0.1) is 0 Å². The average molecular weight is 241 g/mol. The third-order valence-electron chi connectivity index (χ3n) is 1.88. The van der Waals surface area contributed by atoms with E-state index in [2.05, 4.69) is 5.32 Å². The van der Waals surface area contributed by atoms with Crippen LogP contribution in [0.25, 0.3) is 0 Å².